The molecular weight excluding hydrogens is 396 g/mol. The highest BCUT2D eigenvalue weighted by Crippen LogP contribution is 2.41. The van der Waals surface area contributed by atoms with E-state index in [1.54, 1.807) is 31.2 Å². The first-order valence-electron chi connectivity index (χ1n) is 9.60. The Labute approximate surface area is 176 Å². The first kappa shape index (κ1) is 22.6. The van der Waals surface area contributed by atoms with Crippen molar-refractivity contribution >= 4 is 23.6 Å². The summed E-state index contributed by atoms with van der Waals surface area (Å²) in [5, 5.41) is 5.83. The molecule has 2 amide bonds. The van der Waals surface area contributed by atoms with Gasteiger partial charge in [0.25, 0.3) is 0 Å². The molecule has 8 heteroatoms. The Morgan fingerprint density at radius 2 is 2.00 bits per heavy atom. The van der Waals surface area contributed by atoms with Crippen LogP contribution in [0, 0.1) is 5.92 Å². The van der Waals surface area contributed by atoms with Gasteiger partial charge in [0, 0.05) is 5.70 Å². The molecule has 158 valence electrons. The third-order valence-electron chi connectivity index (χ3n) is 4.21. The van der Waals surface area contributed by atoms with Gasteiger partial charge >= 0.3 is 12.0 Å². The highest BCUT2D eigenvalue weighted by Gasteiger charge is 2.40. The van der Waals surface area contributed by atoms with Crippen LogP contribution in [0.2, 0.25) is 5.02 Å². The van der Waals surface area contributed by atoms with Gasteiger partial charge in [0.15, 0.2) is 11.5 Å². The Hall–Kier alpha value is -2.67. The first-order chi connectivity index (χ1) is 14.0. The Morgan fingerprint density at radius 1 is 1.24 bits per heavy atom. The van der Waals surface area contributed by atoms with E-state index in [1.807, 2.05) is 13.8 Å². The van der Waals surface area contributed by atoms with Crippen molar-refractivity contribution in [1.29, 1.82) is 0 Å². The van der Waals surface area contributed by atoms with Crippen molar-refractivity contribution in [1.82, 2.24) is 10.6 Å². The number of ether oxygens (including phenoxy) is 3. The molecule has 0 radical (unpaired) electrons. The molecule has 7 nitrogen and oxygen atoms in total. The summed E-state index contributed by atoms with van der Waals surface area (Å²) >= 11 is 6.45. The van der Waals surface area contributed by atoms with Gasteiger partial charge in [0.1, 0.15) is 12.5 Å². The maximum absolute atomic E-state index is 12.7. The molecule has 0 unspecified atom stereocenters. The zero-order valence-electron chi connectivity index (χ0n) is 16.9. The van der Waals surface area contributed by atoms with Crippen molar-refractivity contribution in [3.8, 4) is 11.5 Å². The van der Waals surface area contributed by atoms with E-state index in [-0.39, 0.29) is 13.2 Å². The number of amides is 2. The Morgan fingerprint density at radius 3 is 2.62 bits per heavy atom. The summed E-state index contributed by atoms with van der Waals surface area (Å²) in [7, 11) is 0. The van der Waals surface area contributed by atoms with Crippen LogP contribution in [0.1, 0.15) is 38.8 Å². The molecule has 1 aromatic carbocycles. The number of carbonyl (C=O) groups is 2. The standard InChI is InChI=1S/C21H27ClN2O5/c1-5-9-15-17(20(25)28-8-4)18(24-21(26)23-15)13-11-14(22)19(29-10-6-2)16(12-13)27-7-3/h6,9,11-12,17-18H,2,5,7-8,10H2,1,3-4H3,(H2,23,24,26)/b15-9+/t17-,18+/m1/s1. The molecule has 1 aromatic rings. The largest absolute Gasteiger partial charge is 0.490 e. The molecule has 2 N–H and O–H groups in total. The van der Waals surface area contributed by atoms with Crippen molar-refractivity contribution in [3.63, 3.8) is 0 Å². The maximum Gasteiger partial charge on any atom is 0.319 e. The second-order valence-corrected chi connectivity index (χ2v) is 6.64. The van der Waals surface area contributed by atoms with Crippen LogP contribution < -0.4 is 20.1 Å². The monoisotopic (exact) mass is 422 g/mol. The predicted octanol–water partition coefficient (Wildman–Crippen LogP) is 4.13. The first-order valence-corrected chi connectivity index (χ1v) is 9.98. The number of carbonyl (C=O) groups excluding carboxylic acids is 2. The van der Waals surface area contributed by atoms with E-state index in [2.05, 4.69) is 17.2 Å². The van der Waals surface area contributed by atoms with Gasteiger partial charge in [0.05, 0.1) is 24.3 Å². The van der Waals surface area contributed by atoms with Crippen molar-refractivity contribution in [3.05, 3.63) is 47.1 Å². The molecule has 1 saturated heterocycles. The van der Waals surface area contributed by atoms with Crippen molar-refractivity contribution in [2.45, 2.75) is 33.2 Å². The van der Waals surface area contributed by atoms with Gasteiger partial charge in [-0.05, 0) is 38.0 Å². The minimum absolute atomic E-state index is 0.231. The summed E-state index contributed by atoms with van der Waals surface area (Å²) in [4.78, 5) is 25.0. The number of rotatable bonds is 9. The van der Waals surface area contributed by atoms with E-state index in [1.165, 1.54) is 0 Å². The second-order valence-electron chi connectivity index (χ2n) is 6.24. The van der Waals surface area contributed by atoms with Gasteiger partial charge < -0.3 is 24.8 Å². The van der Waals surface area contributed by atoms with Crippen molar-refractivity contribution < 1.29 is 23.8 Å². The molecule has 2 atom stereocenters. The molecular formula is C21H27ClN2O5. The van der Waals surface area contributed by atoms with E-state index in [0.29, 0.717) is 40.8 Å². The number of urea groups is 1. The number of hydrogen-bond donors (Lipinski definition) is 2. The molecule has 0 aromatic heterocycles. The lowest BCUT2D eigenvalue weighted by atomic mass is 9.88. The molecule has 1 aliphatic rings. The van der Waals surface area contributed by atoms with Crippen LogP contribution in [0.5, 0.6) is 11.5 Å². The number of nitrogens with one attached hydrogen (secondary N) is 2. The van der Waals surface area contributed by atoms with Gasteiger partial charge in [-0.1, -0.05) is 37.3 Å². The van der Waals surface area contributed by atoms with E-state index in [0.717, 1.165) is 0 Å². The second kappa shape index (κ2) is 10.8. The third kappa shape index (κ3) is 5.44. The van der Waals surface area contributed by atoms with E-state index in [9.17, 15) is 9.59 Å². The Balaban J connectivity index is 2.54. The number of benzene rings is 1. The average molecular weight is 423 g/mol. The molecule has 1 heterocycles. The molecule has 2 rings (SSSR count). The molecule has 1 fully saturated rings. The number of halogens is 1. The average Bonchev–Trinajstić information content (AvgIpc) is 2.67. The minimum Gasteiger partial charge on any atom is -0.490 e. The quantitative estimate of drug-likeness (QED) is 0.461. The molecule has 0 bridgehead atoms. The fourth-order valence-corrected chi connectivity index (χ4v) is 3.40. The maximum atomic E-state index is 12.7. The number of esters is 1. The van der Waals surface area contributed by atoms with Crippen LogP contribution in [0.3, 0.4) is 0 Å². The number of allylic oxidation sites excluding steroid dienone is 1. The predicted molar refractivity (Wildman–Crippen MR) is 111 cm³/mol. The van der Waals surface area contributed by atoms with Crippen LogP contribution in [-0.2, 0) is 9.53 Å². The SMILES string of the molecule is C=CCOc1c(Cl)cc([C@@H]2NC(=O)N/C(=C/CC)[C@H]2C(=O)OCC)cc1OCC. The smallest absolute Gasteiger partial charge is 0.319 e. The fourth-order valence-electron chi connectivity index (χ4n) is 3.13. The topological polar surface area (TPSA) is 85.9 Å². The molecule has 29 heavy (non-hydrogen) atoms. The van der Waals surface area contributed by atoms with Crippen LogP contribution in [0.15, 0.2) is 36.6 Å². The summed E-state index contributed by atoms with van der Waals surface area (Å²) in [6.07, 6.45) is 4.06. The van der Waals surface area contributed by atoms with E-state index < -0.39 is 24.0 Å². The van der Waals surface area contributed by atoms with Crippen LogP contribution in [0.25, 0.3) is 0 Å². The van der Waals surface area contributed by atoms with Gasteiger partial charge in [0.2, 0.25) is 0 Å². The lowest BCUT2D eigenvalue weighted by molar-refractivity contribution is -0.147. The molecule has 0 spiro atoms. The van der Waals surface area contributed by atoms with Crippen molar-refractivity contribution in [2.75, 3.05) is 19.8 Å². The Kier molecular flexibility index (Phi) is 8.39. The van der Waals surface area contributed by atoms with Gasteiger partial charge in [-0.3, -0.25) is 4.79 Å². The lowest BCUT2D eigenvalue weighted by Crippen LogP contribution is -2.51. The van der Waals surface area contributed by atoms with Crippen LogP contribution >= 0.6 is 11.6 Å². The summed E-state index contributed by atoms with van der Waals surface area (Å²) in [6.45, 7) is 10.0. The highest BCUT2D eigenvalue weighted by atomic mass is 35.5. The zero-order valence-corrected chi connectivity index (χ0v) is 17.7. The lowest BCUT2D eigenvalue weighted by Gasteiger charge is -2.34. The van der Waals surface area contributed by atoms with Crippen molar-refractivity contribution in [2.24, 2.45) is 5.92 Å². The zero-order chi connectivity index (χ0) is 21.4. The van der Waals surface area contributed by atoms with E-state index >= 15 is 0 Å². The van der Waals surface area contributed by atoms with Gasteiger partial charge in [-0.25, -0.2) is 4.79 Å². The van der Waals surface area contributed by atoms with Crippen LogP contribution in [-0.4, -0.2) is 31.8 Å². The summed E-state index contributed by atoms with van der Waals surface area (Å²) < 4.78 is 16.6. The normalized spacial score (nSPS) is 19.9. The molecule has 0 aliphatic carbocycles. The fraction of sp³-hybridized carbons (Fsp3) is 0.429. The Bertz CT molecular complexity index is 794. The highest BCUT2D eigenvalue weighted by molar-refractivity contribution is 6.32. The summed E-state index contributed by atoms with van der Waals surface area (Å²) in [5.41, 5.74) is 1.11. The minimum atomic E-state index is -0.738. The summed E-state index contributed by atoms with van der Waals surface area (Å²) in [6, 6.07) is 2.30. The van der Waals surface area contributed by atoms with Crippen LogP contribution in [0.4, 0.5) is 4.79 Å². The van der Waals surface area contributed by atoms with Gasteiger partial charge in [-0.2, -0.15) is 0 Å². The van der Waals surface area contributed by atoms with Gasteiger partial charge in [-0.15, -0.1) is 0 Å². The molecule has 1 aliphatic heterocycles. The number of hydrogen-bond acceptors (Lipinski definition) is 5. The summed E-state index contributed by atoms with van der Waals surface area (Å²) in [5.74, 6) is -0.369. The van der Waals surface area contributed by atoms with E-state index in [4.69, 9.17) is 25.8 Å². The third-order valence-corrected chi connectivity index (χ3v) is 4.49. The molecule has 0 saturated carbocycles.